The van der Waals surface area contributed by atoms with Crippen LogP contribution in [0.25, 0.3) is 22.3 Å². The Kier molecular flexibility index (Phi) is 4.57. The zero-order chi connectivity index (χ0) is 18.6. The van der Waals surface area contributed by atoms with E-state index in [1.165, 1.54) is 0 Å². The van der Waals surface area contributed by atoms with Gasteiger partial charge < -0.3 is 18.5 Å². The molecule has 0 spiro atoms. The molecule has 0 amide bonds. The van der Waals surface area contributed by atoms with Crippen molar-refractivity contribution in [3.8, 4) is 17.1 Å². The second-order valence-corrected chi connectivity index (χ2v) is 5.87. The topological polar surface area (TPSA) is 87.6 Å². The molecule has 0 fully saturated rings. The first-order chi connectivity index (χ1) is 13.2. The number of fused-ring (bicyclic) bond motifs is 1. The average Bonchev–Trinajstić information content (AvgIpc) is 3.34. The maximum atomic E-state index is 12.1. The molecule has 0 aliphatic heterocycles. The van der Waals surface area contributed by atoms with Crippen LogP contribution in [0.2, 0.25) is 0 Å². The number of carbonyl (C=O) groups is 1. The summed E-state index contributed by atoms with van der Waals surface area (Å²) in [4.78, 5) is 12.1. The number of methoxy groups -OCH3 is 1. The minimum absolute atomic E-state index is 0.0221. The van der Waals surface area contributed by atoms with E-state index in [0.717, 1.165) is 16.7 Å². The van der Waals surface area contributed by atoms with E-state index in [4.69, 9.17) is 18.5 Å². The zero-order valence-electron chi connectivity index (χ0n) is 14.5. The molecule has 0 aliphatic rings. The van der Waals surface area contributed by atoms with Gasteiger partial charge in [0.05, 0.1) is 13.5 Å². The Hall–Kier alpha value is -3.61. The predicted octanol–water partition coefficient (Wildman–Crippen LogP) is 3.78. The summed E-state index contributed by atoms with van der Waals surface area (Å²) in [7, 11) is 1.61. The molecule has 0 N–H and O–H groups in total. The molecule has 136 valence electrons. The minimum atomic E-state index is -0.414. The van der Waals surface area contributed by atoms with Crippen LogP contribution in [0.3, 0.4) is 0 Å². The Bertz CT molecular complexity index is 1070. The summed E-state index contributed by atoms with van der Waals surface area (Å²) in [5.41, 5.74) is 2.57. The number of aromatic nitrogens is 2. The van der Waals surface area contributed by atoms with Gasteiger partial charge in [0.25, 0.3) is 0 Å². The van der Waals surface area contributed by atoms with E-state index in [1.807, 2.05) is 42.5 Å². The molecule has 4 aromatic rings. The number of nitrogens with zero attached hydrogens (tertiary/aromatic N) is 2. The SMILES string of the molecule is COc1ccc(-c2cc(COC(=O)Cc3noc4ccccc34)no2)cc1. The van der Waals surface area contributed by atoms with Crippen LogP contribution in [0.5, 0.6) is 5.75 Å². The van der Waals surface area contributed by atoms with Crippen molar-refractivity contribution < 1.29 is 23.3 Å². The molecule has 0 atom stereocenters. The van der Waals surface area contributed by atoms with Crippen molar-refractivity contribution in [2.45, 2.75) is 13.0 Å². The van der Waals surface area contributed by atoms with Crippen LogP contribution >= 0.6 is 0 Å². The quantitative estimate of drug-likeness (QED) is 0.481. The maximum absolute atomic E-state index is 12.1. The first kappa shape index (κ1) is 16.8. The van der Waals surface area contributed by atoms with E-state index in [2.05, 4.69) is 10.3 Å². The third-order valence-electron chi connectivity index (χ3n) is 4.08. The van der Waals surface area contributed by atoms with Crippen molar-refractivity contribution >= 4 is 16.9 Å². The summed E-state index contributed by atoms with van der Waals surface area (Å²) >= 11 is 0. The van der Waals surface area contributed by atoms with Crippen LogP contribution < -0.4 is 4.74 Å². The fourth-order valence-corrected chi connectivity index (χ4v) is 2.68. The first-order valence-electron chi connectivity index (χ1n) is 8.32. The van der Waals surface area contributed by atoms with Gasteiger partial charge in [-0.25, -0.2) is 0 Å². The lowest BCUT2D eigenvalue weighted by Crippen LogP contribution is -2.08. The van der Waals surface area contributed by atoms with Gasteiger partial charge in [-0.15, -0.1) is 0 Å². The monoisotopic (exact) mass is 364 g/mol. The fraction of sp³-hybridized carbons (Fsp3) is 0.150. The molecule has 7 nitrogen and oxygen atoms in total. The Morgan fingerprint density at radius 3 is 2.67 bits per heavy atom. The molecule has 2 aromatic heterocycles. The molecule has 0 aliphatic carbocycles. The number of esters is 1. The summed E-state index contributed by atoms with van der Waals surface area (Å²) in [6.45, 7) is 0.0221. The van der Waals surface area contributed by atoms with Crippen LogP contribution in [0.1, 0.15) is 11.4 Å². The lowest BCUT2D eigenvalue weighted by molar-refractivity contribution is -0.144. The van der Waals surface area contributed by atoms with E-state index >= 15 is 0 Å². The lowest BCUT2D eigenvalue weighted by Gasteiger charge is -2.00. The van der Waals surface area contributed by atoms with Crippen LogP contribution in [0.15, 0.2) is 63.6 Å². The molecule has 4 rings (SSSR count). The molecule has 7 heteroatoms. The van der Waals surface area contributed by atoms with Crippen LogP contribution in [0.4, 0.5) is 0 Å². The molecule has 0 bridgehead atoms. The number of ether oxygens (including phenoxy) is 2. The number of hydrogen-bond acceptors (Lipinski definition) is 7. The third kappa shape index (κ3) is 3.67. The smallest absolute Gasteiger partial charge is 0.312 e. The Balaban J connectivity index is 1.37. The zero-order valence-corrected chi connectivity index (χ0v) is 14.5. The number of carbonyl (C=O) groups excluding carboxylic acids is 1. The summed E-state index contributed by atoms with van der Waals surface area (Å²) < 4.78 is 20.9. The Morgan fingerprint density at radius 1 is 1.04 bits per heavy atom. The highest BCUT2D eigenvalue weighted by Gasteiger charge is 2.14. The van der Waals surface area contributed by atoms with Gasteiger partial charge in [-0.2, -0.15) is 0 Å². The summed E-state index contributed by atoms with van der Waals surface area (Å²) in [5.74, 6) is 0.932. The highest BCUT2D eigenvalue weighted by atomic mass is 16.5. The van der Waals surface area contributed by atoms with Gasteiger partial charge in [-0.05, 0) is 36.4 Å². The van der Waals surface area contributed by atoms with Gasteiger partial charge in [0.1, 0.15) is 23.7 Å². The molecule has 0 unspecified atom stereocenters. The van der Waals surface area contributed by atoms with Crippen LogP contribution in [-0.2, 0) is 22.6 Å². The van der Waals surface area contributed by atoms with Gasteiger partial charge >= 0.3 is 5.97 Å². The molecule has 27 heavy (non-hydrogen) atoms. The van der Waals surface area contributed by atoms with Crippen molar-refractivity contribution in [2.75, 3.05) is 7.11 Å². The number of hydrogen-bond donors (Lipinski definition) is 0. The molecular formula is C20H16N2O5. The van der Waals surface area contributed by atoms with Crippen LogP contribution in [-0.4, -0.2) is 23.4 Å². The second-order valence-electron chi connectivity index (χ2n) is 5.87. The fourth-order valence-electron chi connectivity index (χ4n) is 2.68. The standard InChI is InChI=1S/C20H16N2O5/c1-24-15-8-6-13(7-9-15)19-10-14(21-27-19)12-25-20(23)11-17-16-4-2-3-5-18(16)26-22-17/h2-10H,11-12H2,1H3. The molecule has 2 heterocycles. The molecule has 0 radical (unpaired) electrons. The van der Waals surface area contributed by atoms with Gasteiger partial charge in [-0.1, -0.05) is 22.4 Å². The molecule has 2 aromatic carbocycles. The number of benzene rings is 2. The van der Waals surface area contributed by atoms with Crippen molar-refractivity contribution in [1.29, 1.82) is 0 Å². The predicted molar refractivity (Wildman–Crippen MR) is 96.0 cm³/mol. The van der Waals surface area contributed by atoms with Crippen molar-refractivity contribution in [3.63, 3.8) is 0 Å². The Morgan fingerprint density at radius 2 is 1.85 bits per heavy atom. The van der Waals surface area contributed by atoms with E-state index in [0.29, 0.717) is 22.7 Å². The average molecular weight is 364 g/mol. The largest absolute Gasteiger partial charge is 0.497 e. The van der Waals surface area contributed by atoms with E-state index in [1.54, 1.807) is 19.2 Å². The summed E-state index contributed by atoms with van der Waals surface area (Å²) in [6, 6.07) is 16.5. The van der Waals surface area contributed by atoms with Gasteiger partial charge in [0.15, 0.2) is 11.3 Å². The third-order valence-corrected chi connectivity index (χ3v) is 4.08. The van der Waals surface area contributed by atoms with Crippen LogP contribution in [0, 0.1) is 0 Å². The number of rotatable bonds is 6. The second kappa shape index (κ2) is 7.33. The minimum Gasteiger partial charge on any atom is -0.497 e. The van der Waals surface area contributed by atoms with E-state index in [9.17, 15) is 4.79 Å². The highest BCUT2D eigenvalue weighted by Crippen LogP contribution is 2.23. The van der Waals surface area contributed by atoms with Crippen molar-refractivity contribution in [3.05, 3.63) is 66.0 Å². The van der Waals surface area contributed by atoms with E-state index < -0.39 is 5.97 Å². The summed E-state index contributed by atoms with van der Waals surface area (Å²) in [6.07, 6.45) is 0.0280. The van der Waals surface area contributed by atoms with E-state index in [-0.39, 0.29) is 13.0 Å². The maximum Gasteiger partial charge on any atom is 0.312 e. The van der Waals surface area contributed by atoms with Crippen molar-refractivity contribution in [1.82, 2.24) is 10.3 Å². The molecule has 0 saturated heterocycles. The Labute approximate surface area is 154 Å². The van der Waals surface area contributed by atoms with Gasteiger partial charge in [0, 0.05) is 17.0 Å². The number of para-hydroxylation sites is 1. The lowest BCUT2D eigenvalue weighted by atomic mass is 10.1. The molecule has 0 saturated carbocycles. The normalized spacial score (nSPS) is 10.9. The van der Waals surface area contributed by atoms with Gasteiger partial charge in [0.2, 0.25) is 0 Å². The summed E-state index contributed by atoms with van der Waals surface area (Å²) in [5, 5.41) is 8.67. The first-order valence-corrected chi connectivity index (χ1v) is 8.32. The highest BCUT2D eigenvalue weighted by molar-refractivity contribution is 5.84. The molecular weight excluding hydrogens is 348 g/mol. The van der Waals surface area contributed by atoms with Crippen molar-refractivity contribution in [2.24, 2.45) is 0 Å². The van der Waals surface area contributed by atoms with Gasteiger partial charge in [-0.3, -0.25) is 4.79 Å².